The number of rotatable bonds is 3. The zero-order chi connectivity index (χ0) is 21.2. The van der Waals surface area contributed by atoms with Gasteiger partial charge in [-0.1, -0.05) is 23.3 Å². The Morgan fingerprint density at radius 3 is 2.72 bits per heavy atom. The van der Waals surface area contributed by atoms with E-state index in [1.54, 1.807) is 4.57 Å². The fourth-order valence-corrected chi connectivity index (χ4v) is 3.85. The number of urea groups is 1. The third-order valence-corrected chi connectivity index (χ3v) is 5.09. The molecule has 0 aliphatic heterocycles. The van der Waals surface area contributed by atoms with Crippen LogP contribution in [0.4, 0.5) is 23.7 Å². The molecule has 0 aliphatic rings. The number of alkyl halides is 3. The number of carbonyl (C=O) groups excluding carboxylic acids is 1. The zero-order valence-corrected chi connectivity index (χ0v) is 16.3. The van der Waals surface area contributed by atoms with Gasteiger partial charge in [-0.15, -0.1) is 6.42 Å². The first-order chi connectivity index (χ1) is 13.7. The topological polar surface area (TPSA) is 55.6 Å². The van der Waals surface area contributed by atoms with Crippen molar-refractivity contribution in [3.8, 4) is 18.1 Å². The summed E-state index contributed by atoms with van der Waals surface area (Å²) in [6.07, 6.45) is 0.874. The molecule has 0 spiro atoms. The van der Waals surface area contributed by atoms with E-state index in [4.69, 9.17) is 11.2 Å². The number of nitrogens with one attached hydrogen (secondary N) is 1. The van der Waals surface area contributed by atoms with Crippen LogP contribution in [-0.2, 0) is 12.7 Å². The van der Waals surface area contributed by atoms with E-state index in [1.165, 1.54) is 18.4 Å². The quantitative estimate of drug-likeness (QED) is 0.620. The molecule has 2 amide bonds. The number of ether oxygens (including phenoxy) is 1. The summed E-state index contributed by atoms with van der Waals surface area (Å²) < 4.78 is 46.6. The summed E-state index contributed by atoms with van der Waals surface area (Å²) >= 11 is 1.26. The van der Waals surface area contributed by atoms with Gasteiger partial charge in [0.25, 0.3) is 0 Å². The molecule has 0 saturated carbocycles. The molecule has 0 unspecified atom stereocenters. The van der Waals surface area contributed by atoms with E-state index in [1.807, 2.05) is 25.1 Å². The first-order valence-corrected chi connectivity index (χ1v) is 9.19. The molecule has 0 saturated heterocycles. The summed E-state index contributed by atoms with van der Waals surface area (Å²) in [5, 5.41) is 2.36. The van der Waals surface area contributed by atoms with E-state index >= 15 is 0 Å². The SMILES string of the molecule is C#CCn1/c(=N/C(=O)Nc2cc(C(F)(F)F)ccc2OC)sc2cc(C)ccc21. The van der Waals surface area contributed by atoms with E-state index < -0.39 is 17.8 Å². The van der Waals surface area contributed by atoms with Gasteiger partial charge in [0.05, 0.1) is 35.1 Å². The maximum Gasteiger partial charge on any atom is 0.416 e. The molecule has 2 aromatic carbocycles. The smallest absolute Gasteiger partial charge is 0.416 e. The fourth-order valence-electron chi connectivity index (χ4n) is 2.72. The highest BCUT2D eigenvalue weighted by molar-refractivity contribution is 7.16. The Labute approximate surface area is 168 Å². The normalized spacial score (nSPS) is 12.1. The van der Waals surface area contributed by atoms with Crippen molar-refractivity contribution in [2.45, 2.75) is 19.6 Å². The number of fused-ring (bicyclic) bond motifs is 1. The van der Waals surface area contributed by atoms with E-state index in [0.717, 1.165) is 34.0 Å². The molecular weight excluding hydrogens is 403 g/mol. The van der Waals surface area contributed by atoms with Gasteiger partial charge in [0.2, 0.25) is 0 Å². The number of benzene rings is 2. The summed E-state index contributed by atoms with van der Waals surface area (Å²) in [6.45, 7) is 2.14. The summed E-state index contributed by atoms with van der Waals surface area (Å²) in [7, 11) is 1.30. The summed E-state index contributed by atoms with van der Waals surface area (Å²) in [5.74, 6) is 2.60. The van der Waals surface area contributed by atoms with Crippen molar-refractivity contribution in [3.05, 3.63) is 52.3 Å². The largest absolute Gasteiger partial charge is 0.495 e. The molecule has 0 bridgehead atoms. The van der Waals surface area contributed by atoms with Crippen LogP contribution in [0.5, 0.6) is 5.75 Å². The minimum Gasteiger partial charge on any atom is -0.495 e. The van der Waals surface area contributed by atoms with Crippen LogP contribution in [0, 0.1) is 19.3 Å². The molecule has 3 rings (SSSR count). The van der Waals surface area contributed by atoms with Crippen LogP contribution in [-0.4, -0.2) is 17.7 Å². The van der Waals surface area contributed by atoms with E-state index in [9.17, 15) is 18.0 Å². The fraction of sp³-hybridized carbons (Fsp3) is 0.200. The number of thiazole rings is 1. The van der Waals surface area contributed by atoms with Gasteiger partial charge in [0, 0.05) is 0 Å². The second kappa shape index (κ2) is 8.01. The predicted octanol–water partition coefficient (Wildman–Crippen LogP) is 4.80. The monoisotopic (exact) mass is 419 g/mol. The number of aryl methyl sites for hydroxylation is 1. The maximum atomic E-state index is 13.0. The highest BCUT2D eigenvalue weighted by Crippen LogP contribution is 2.35. The van der Waals surface area contributed by atoms with E-state index in [2.05, 4.69) is 16.2 Å². The number of anilines is 1. The van der Waals surface area contributed by atoms with E-state index in [0.29, 0.717) is 4.80 Å². The van der Waals surface area contributed by atoms with Crippen LogP contribution in [0.1, 0.15) is 11.1 Å². The Morgan fingerprint density at radius 2 is 2.07 bits per heavy atom. The third-order valence-electron chi connectivity index (χ3n) is 4.05. The first-order valence-electron chi connectivity index (χ1n) is 8.37. The lowest BCUT2D eigenvalue weighted by Gasteiger charge is -2.12. The second-order valence-electron chi connectivity index (χ2n) is 6.10. The van der Waals surface area contributed by atoms with Crippen molar-refractivity contribution < 1.29 is 22.7 Å². The number of carbonyl (C=O) groups is 1. The molecule has 150 valence electrons. The maximum absolute atomic E-state index is 13.0. The van der Waals surface area contributed by atoms with Crippen LogP contribution in [0.25, 0.3) is 10.2 Å². The van der Waals surface area contributed by atoms with Crippen LogP contribution in [0.15, 0.2) is 41.4 Å². The highest BCUT2D eigenvalue weighted by atomic mass is 32.1. The Morgan fingerprint density at radius 1 is 1.31 bits per heavy atom. The summed E-state index contributed by atoms with van der Waals surface area (Å²) in [4.78, 5) is 16.8. The van der Waals surface area contributed by atoms with Gasteiger partial charge in [0.1, 0.15) is 5.75 Å². The number of hydrogen-bond acceptors (Lipinski definition) is 3. The molecule has 29 heavy (non-hydrogen) atoms. The lowest BCUT2D eigenvalue weighted by Crippen LogP contribution is -2.19. The number of nitrogens with zero attached hydrogens (tertiary/aromatic N) is 2. The average Bonchev–Trinajstić information content (AvgIpc) is 2.97. The molecule has 0 aliphatic carbocycles. The van der Waals surface area contributed by atoms with Crippen LogP contribution in [0.3, 0.4) is 0 Å². The minimum absolute atomic E-state index is 0.0880. The van der Waals surface area contributed by atoms with Gasteiger partial charge in [-0.3, -0.25) is 0 Å². The van der Waals surface area contributed by atoms with Crippen molar-refractivity contribution in [2.24, 2.45) is 4.99 Å². The van der Waals surface area contributed by atoms with Gasteiger partial charge in [0.15, 0.2) is 4.80 Å². The van der Waals surface area contributed by atoms with Crippen LogP contribution in [0.2, 0.25) is 0 Å². The number of hydrogen-bond donors (Lipinski definition) is 1. The van der Waals surface area contributed by atoms with Crippen LogP contribution >= 0.6 is 11.3 Å². The van der Waals surface area contributed by atoms with Gasteiger partial charge >= 0.3 is 12.2 Å². The molecule has 1 aromatic heterocycles. The molecule has 9 heteroatoms. The van der Waals surface area contributed by atoms with Crippen molar-refractivity contribution in [1.29, 1.82) is 0 Å². The third kappa shape index (κ3) is 4.43. The molecule has 1 heterocycles. The highest BCUT2D eigenvalue weighted by Gasteiger charge is 2.31. The Kier molecular flexibility index (Phi) is 5.66. The van der Waals surface area contributed by atoms with Crippen LogP contribution < -0.4 is 14.9 Å². The summed E-state index contributed by atoms with van der Waals surface area (Å²) in [6, 6.07) is 7.72. The molecule has 1 N–H and O–H groups in total. The molecule has 5 nitrogen and oxygen atoms in total. The number of methoxy groups -OCH3 is 1. The first kappa shape index (κ1) is 20.5. The predicted molar refractivity (Wildman–Crippen MR) is 106 cm³/mol. The summed E-state index contributed by atoms with van der Waals surface area (Å²) in [5.41, 5.74) is 0.822. The lowest BCUT2D eigenvalue weighted by molar-refractivity contribution is -0.137. The van der Waals surface area contributed by atoms with E-state index in [-0.39, 0.29) is 18.0 Å². The number of amides is 2. The molecule has 0 fully saturated rings. The molecule has 3 aromatic rings. The van der Waals surface area contributed by atoms with Gasteiger partial charge in [-0.2, -0.15) is 18.2 Å². The van der Waals surface area contributed by atoms with Crippen molar-refractivity contribution in [1.82, 2.24) is 4.57 Å². The van der Waals surface area contributed by atoms with Crippen molar-refractivity contribution in [3.63, 3.8) is 0 Å². The van der Waals surface area contributed by atoms with Gasteiger partial charge in [-0.25, -0.2) is 4.79 Å². The van der Waals surface area contributed by atoms with Gasteiger partial charge in [-0.05, 0) is 42.8 Å². The lowest BCUT2D eigenvalue weighted by atomic mass is 10.2. The Hall–Kier alpha value is -3.25. The average molecular weight is 419 g/mol. The Balaban J connectivity index is 2.02. The molecular formula is C20H16F3N3O2S. The van der Waals surface area contributed by atoms with Crippen molar-refractivity contribution in [2.75, 3.05) is 12.4 Å². The number of terminal acetylenes is 1. The Bertz CT molecular complexity index is 1190. The standard InChI is InChI=1S/C20H16F3N3O2S/c1-4-9-26-15-7-5-12(2)10-17(15)29-19(26)25-18(27)24-14-11-13(20(21,22)23)6-8-16(14)28-3/h1,5-8,10-11H,9H2,2-3H3,(H,24,27)/b25-19-. The molecule has 0 atom stereocenters. The second-order valence-corrected chi connectivity index (χ2v) is 7.11. The van der Waals surface area contributed by atoms with Gasteiger partial charge < -0.3 is 14.6 Å². The van der Waals surface area contributed by atoms with Crippen molar-refractivity contribution >= 4 is 33.3 Å². The number of halogens is 3. The zero-order valence-electron chi connectivity index (χ0n) is 15.5. The minimum atomic E-state index is -4.55. The number of aromatic nitrogens is 1. The molecule has 0 radical (unpaired) electrons.